The zero-order valence-electron chi connectivity index (χ0n) is 5.13. The number of hydrogen-bond donors (Lipinski definition) is 2. The molecule has 0 spiro atoms. The van der Waals surface area contributed by atoms with Gasteiger partial charge in [-0.2, -0.15) is 0 Å². The molecule has 4 heteroatoms. The van der Waals surface area contributed by atoms with Gasteiger partial charge in [0, 0.05) is 12.5 Å². The standard InChI is InChI=1S/C5H9NO3/c1-4(3-7)2-6-5(8)9/h3-4,6H,2H2,1H3,(H,8,9)/t4-/m0/s1. The van der Waals surface area contributed by atoms with Crippen molar-refractivity contribution in [1.29, 1.82) is 0 Å². The number of hydrogen-bond acceptors (Lipinski definition) is 2. The molecule has 52 valence electrons. The summed E-state index contributed by atoms with van der Waals surface area (Å²) in [6.45, 7) is 1.84. The molecular formula is C5H9NO3. The van der Waals surface area contributed by atoms with Crippen molar-refractivity contribution in [2.75, 3.05) is 6.54 Å². The number of carbonyl (C=O) groups excluding carboxylic acids is 1. The van der Waals surface area contributed by atoms with Crippen molar-refractivity contribution in [2.24, 2.45) is 5.92 Å². The number of carbonyl (C=O) groups is 2. The highest BCUT2D eigenvalue weighted by Gasteiger charge is 1.99. The van der Waals surface area contributed by atoms with Crippen LogP contribution in [0.1, 0.15) is 6.92 Å². The van der Waals surface area contributed by atoms with E-state index in [-0.39, 0.29) is 12.5 Å². The SMILES string of the molecule is C[C@H](C=O)CNC(=O)O. The van der Waals surface area contributed by atoms with E-state index in [1.54, 1.807) is 6.92 Å². The molecule has 0 saturated heterocycles. The number of aldehydes is 1. The Bertz CT molecular complexity index is 113. The molecule has 0 aromatic carbocycles. The fourth-order valence-corrected chi connectivity index (χ4v) is 0.296. The Balaban J connectivity index is 3.26. The van der Waals surface area contributed by atoms with E-state index in [2.05, 4.69) is 5.32 Å². The summed E-state index contributed by atoms with van der Waals surface area (Å²) in [6, 6.07) is 0. The van der Waals surface area contributed by atoms with Gasteiger partial charge in [0.25, 0.3) is 0 Å². The average molecular weight is 131 g/mol. The van der Waals surface area contributed by atoms with Crippen LogP contribution < -0.4 is 5.32 Å². The van der Waals surface area contributed by atoms with Gasteiger partial charge in [0.1, 0.15) is 6.29 Å². The lowest BCUT2D eigenvalue weighted by atomic mass is 10.2. The van der Waals surface area contributed by atoms with Gasteiger partial charge in [-0.3, -0.25) is 0 Å². The molecule has 4 nitrogen and oxygen atoms in total. The van der Waals surface area contributed by atoms with Crippen LogP contribution in [0.15, 0.2) is 0 Å². The molecule has 1 amide bonds. The van der Waals surface area contributed by atoms with Crippen LogP contribution >= 0.6 is 0 Å². The molecule has 0 aliphatic carbocycles. The molecule has 0 aliphatic rings. The van der Waals surface area contributed by atoms with Gasteiger partial charge in [0.2, 0.25) is 0 Å². The second-order valence-corrected chi connectivity index (χ2v) is 1.80. The third-order valence-electron chi connectivity index (χ3n) is 0.808. The van der Waals surface area contributed by atoms with E-state index in [1.807, 2.05) is 0 Å². The predicted molar refractivity (Wildman–Crippen MR) is 31.3 cm³/mol. The van der Waals surface area contributed by atoms with Gasteiger partial charge in [0.05, 0.1) is 0 Å². The van der Waals surface area contributed by atoms with Gasteiger partial charge >= 0.3 is 6.09 Å². The minimum absolute atomic E-state index is 0.193. The topological polar surface area (TPSA) is 66.4 Å². The lowest BCUT2D eigenvalue weighted by molar-refractivity contribution is -0.110. The molecule has 0 bridgehead atoms. The van der Waals surface area contributed by atoms with Crippen molar-refractivity contribution < 1.29 is 14.7 Å². The number of carboxylic acid groups (broad SMARTS) is 1. The zero-order valence-corrected chi connectivity index (χ0v) is 5.13. The maximum atomic E-state index is 9.88. The molecule has 0 rings (SSSR count). The first kappa shape index (κ1) is 7.94. The van der Waals surface area contributed by atoms with Crippen molar-refractivity contribution in [3.05, 3.63) is 0 Å². The van der Waals surface area contributed by atoms with Crippen LogP contribution in [0.5, 0.6) is 0 Å². The highest BCUT2D eigenvalue weighted by atomic mass is 16.4. The smallest absolute Gasteiger partial charge is 0.404 e. The Kier molecular flexibility index (Phi) is 3.43. The third-order valence-corrected chi connectivity index (χ3v) is 0.808. The number of nitrogens with one attached hydrogen (secondary N) is 1. The molecule has 0 unspecified atom stereocenters. The van der Waals surface area contributed by atoms with Crippen molar-refractivity contribution in [3.8, 4) is 0 Å². The fraction of sp³-hybridized carbons (Fsp3) is 0.600. The van der Waals surface area contributed by atoms with Crippen LogP contribution in [0.25, 0.3) is 0 Å². The third kappa shape index (κ3) is 4.80. The molecule has 0 saturated carbocycles. The van der Waals surface area contributed by atoms with Crippen molar-refractivity contribution in [3.63, 3.8) is 0 Å². The molecule has 0 heterocycles. The normalized spacial score (nSPS) is 12.1. The molecule has 0 aliphatic heterocycles. The monoisotopic (exact) mass is 131 g/mol. The van der Waals surface area contributed by atoms with Gasteiger partial charge in [-0.25, -0.2) is 4.79 Å². The minimum Gasteiger partial charge on any atom is -0.465 e. The first-order valence-electron chi connectivity index (χ1n) is 2.59. The fourth-order valence-electron chi connectivity index (χ4n) is 0.296. The van der Waals surface area contributed by atoms with Gasteiger partial charge in [-0.15, -0.1) is 0 Å². The highest BCUT2D eigenvalue weighted by molar-refractivity contribution is 5.65. The Morgan fingerprint density at radius 1 is 1.89 bits per heavy atom. The molecule has 0 aromatic heterocycles. The second kappa shape index (κ2) is 3.88. The summed E-state index contributed by atoms with van der Waals surface area (Å²) in [5, 5.41) is 10.1. The van der Waals surface area contributed by atoms with Crippen LogP contribution in [0.3, 0.4) is 0 Å². The average Bonchev–Trinajstić information content (AvgIpc) is 1.83. The van der Waals surface area contributed by atoms with E-state index in [9.17, 15) is 9.59 Å². The predicted octanol–water partition coefficient (Wildman–Crippen LogP) is 0.0890. The Morgan fingerprint density at radius 2 is 2.44 bits per heavy atom. The van der Waals surface area contributed by atoms with Gasteiger partial charge in [-0.1, -0.05) is 6.92 Å². The summed E-state index contributed by atoms with van der Waals surface area (Å²) in [5.41, 5.74) is 0. The Labute approximate surface area is 52.9 Å². The zero-order chi connectivity index (χ0) is 7.28. The number of rotatable bonds is 3. The summed E-state index contributed by atoms with van der Waals surface area (Å²) in [4.78, 5) is 19.7. The van der Waals surface area contributed by atoms with E-state index in [0.717, 1.165) is 0 Å². The van der Waals surface area contributed by atoms with E-state index in [1.165, 1.54) is 0 Å². The quantitative estimate of drug-likeness (QED) is 0.533. The largest absolute Gasteiger partial charge is 0.465 e. The maximum Gasteiger partial charge on any atom is 0.404 e. The maximum absolute atomic E-state index is 9.88. The van der Waals surface area contributed by atoms with Crippen LogP contribution in [0, 0.1) is 5.92 Å². The van der Waals surface area contributed by atoms with Crippen LogP contribution in [-0.2, 0) is 4.79 Å². The summed E-state index contributed by atoms with van der Waals surface area (Å²) >= 11 is 0. The van der Waals surface area contributed by atoms with Gasteiger partial charge < -0.3 is 15.2 Å². The van der Waals surface area contributed by atoms with Crippen LogP contribution in [0.2, 0.25) is 0 Å². The molecular weight excluding hydrogens is 122 g/mol. The van der Waals surface area contributed by atoms with E-state index in [4.69, 9.17) is 5.11 Å². The second-order valence-electron chi connectivity index (χ2n) is 1.80. The molecule has 9 heavy (non-hydrogen) atoms. The summed E-state index contributed by atoms with van der Waals surface area (Å²) in [7, 11) is 0. The summed E-state index contributed by atoms with van der Waals surface area (Å²) < 4.78 is 0. The molecule has 0 aromatic rings. The van der Waals surface area contributed by atoms with E-state index in [0.29, 0.717) is 6.29 Å². The first-order chi connectivity index (χ1) is 4.16. The van der Waals surface area contributed by atoms with Crippen molar-refractivity contribution >= 4 is 12.4 Å². The first-order valence-corrected chi connectivity index (χ1v) is 2.59. The Morgan fingerprint density at radius 3 is 2.78 bits per heavy atom. The van der Waals surface area contributed by atoms with Gasteiger partial charge in [0.15, 0.2) is 0 Å². The Hall–Kier alpha value is -1.06. The van der Waals surface area contributed by atoms with E-state index >= 15 is 0 Å². The molecule has 1 atom stereocenters. The van der Waals surface area contributed by atoms with Crippen molar-refractivity contribution in [1.82, 2.24) is 5.32 Å². The molecule has 2 N–H and O–H groups in total. The minimum atomic E-state index is -1.09. The van der Waals surface area contributed by atoms with Crippen LogP contribution in [-0.4, -0.2) is 24.0 Å². The highest BCUT2D eigenvalue weighted by Crippen LogP contribution is 1.83. The number of amides is 1. The van der Waals surface area contributed by atoms with Crippen LogP contribution in [0.4, 0.5) is 4.79 Å². The summed E-state index contributed by atoms with van der Waals surface area (Å²) in [5.74, 6) is -0.235. The lowest BCUT2D eigenvalue weighted by Crippen LogP contribution is -2.26. The summed E-state index contributed by atoms with van der Waals surface area (Å²) in [6.07, 6.45) is -0.389. The van der Waals surface area contributed by atoms with E-state index < -0.39 is 6.09 Å². The molecule has 0 radical (unpaired) electrons. The lowest BCUT2D eigenvalue weighted by Gasteiger charge is -2.00. The molecule has 0 fully saturated rings. The van der Waals surface area contributed by atoms with Crippen molar-refractivity contribution in [2.45, 2.75) is 6.92 Å². The van der Waals surface area contributed by atoms with Gasteiger partial charge in [-0.05, 0) is 0 Å².